The van der Waals surface area contributed by atoms with Crippen molar-refractivity contribution in [2.75, 3.05) is 40.3 Å². The van der Waals surface area contributed by atoms with Gasteiger partial charge in [0.05, 0.1) is 18.2 Å². The topological polar surface area (TPSA) is 80.4 Å². The molecule has 1 heterocycles. The van der Waals surface area contributed by atoms with Gasteiger partial charge in [0.1, 0.15) is 6.61 Å². The van der Waals surface area contributed by atoms with Gasteiger partial charge in [-0.2, -0.15) is 5.10 Å². The standard InChI is InChI=1S/C20H24N4O4/c1-22-9-11-23(12-10-22)21-14-17-5-8-19(20(13-17)27-2)28-15-16-3-6-18(7-4-16)24(25)26/h3-8,13-14H,9-12,15H2,1-2H3/b21-14+. The van der Waals surface area contributed by atoms with Gasteiger partial charge in [-0.25, -0.2) is 0 Å². The van der Waals surface area contributed by atoms with Crippen LogP contribution < -0.4 is 9.47 Å². The highest BCUT2D eigenvalue weighted by atomic mass is 16.6. The smallest absolute Gasteiger partial charge is 0.269 e. The summed E-state index contributed by atoms with van der Waals surface area (Å²) in [6.07, 6.45) is 1.83. The quantitative estimate of drug-likeness (QED) is 0.415. The van der Waals surface area contributed by atoms with Crippen molar-refractivity contribution in [1.82, 2.24) is 9.91 Å². The number of nitro benzene ring substituents is 1. The van der Waals surface area contributed by atoms with E-state index in [1.165, 1.54) is 12.1 Å². The van der Waals surface area contributed by atoms with Gasteiger partial charge < -0.3 is 14.4 Å². The molecule has 1 aliphatic rings. The average molecular weight is 384 g/mol. The van der Waals surface area contributed by atoms with Crippen LogP contribution in [0.5, 0.6) is 11.5 Å². The Morgan fingerprint density at radius 1 is 1.11 bits per heavy atom. The maximum atomic E-state index is 10.7. The van der Waals surface area contributed by atoms with Gasteiger partial charge in [0.2, 0.25) is 0 Å². The third-order valence-electron chi connectivity index (χ3n) is 4.58. The fourth-order valence-corrected chi connectivity index (χ4v) is 2.82. The lowest BCUT2D eigenvalue weighted by molar-refractivity contribution is -0.384. The number of hydrogen-bond donors (Lipinski definition) is 0. The van der Waals surface area contributed by atoms with Gasteiger partial charge in [0.25, 0.3) is 5.69 Å². The molecule has 0 atom stereocenters. The Morgan fingerprint density at radius 2 is 1.82 bits per heavy atom. The summed E-state index contributed by atoms with van der Waals surface area (Å²) in [5.74, 6) is 1.22. The number of likely N-dealkylation sites (N-methyl/N-ethyl adjacent to an activating group) is 1. The molecule has 2 aromatic rings. The number of non-ortho nitro benzene ring substituents is 1. The monoisotopic (exact) mass is 384 g/mol. The first-order chi connectivity index (χ1) is 13.5. The molecular formula is C20H24N4O4. The first-order valence-corrected chi connectivity index (χ1v) is 9.07. The summed E-state index contributed by atoms with van der Waals surface area (Å²) in [5, 5.41) is 17.3. The van der Waals surface area contributed by atoms with E-state index in [1.54, 1.807) is 19.2 Å². The molecule has 0 saturated carbocycles. The van der Waals surface area contributed by atoms with E-state index < -0.39 is 4.92 Å². The van der Waals surface area contributed by atoms with Crippen LogP contribution in [0.15, 0.2) is 47.6 Å². The minimum Gasteiger partial charge on any atom is -0.493 e. The van der Waals surface area contributed by atoms with Gasteiger partial charge in [-0.15, -0.1) is 0 Å². The highest BCUT2D eigenvalue weighted by molar-refractivity contribution is 5.80. The second-order valence-electron chi connectivity index (χ2n) is 6.62. The Bertz CT molecular complexity index is 831. The number of nitrogens with zero attached hydrogens (tertiary/aromatic N) is 4. The van der Waals surface area contributed by atoms with E-state index >= 15 is 0 Å². The van der Waals surface area contributed by atoms with Crippen LogP contribution in [-0.4, -0.2) is 61.4 Å². The summed E-state index contributed by atoms with van der Waals surface area (Å²) < 4.78 is 11.3. The largest absolute Gasteiger partial charge is 0.493 e. The molecule has 0 N–H and O–H groups in total. The average Bonchev–Trinajstić information content (AvgIpc) is 2.72. The molecule has 0 unspecified atom stereocenters. The van der Waals surface area contributed by atoms with Gasteiger partial charge >= 0.3 is 0 Å². The van der Waals surface area contributed by atoms with Crippen LogP contribution in [0.2, 0.25) is 0 Å². The van der Waals surface area contributed by atoms with Crippen molar-refractivity contribution >= 4 is 11.9 Å². The fourth-order valence-electron chi connectivity index (χ4n) is 2.82. The molecule has 3 rings (SSSR count). The summed E-state index contributed by atoms with van der Waals surface area (Å²) >= 11 is 0. The van der Waals surface area contributed by atoms with E-state index in [2.05, 4.69) is 22.1 Å². The molecule has 28 heavy (non-hydrogen) atoms. The molecule has 1 saturated heterocycles. The Morgan fingerprint density at radius 3 is 2.46 bits per heavy atom. The van der Waals surface area contributed by atoms with E-state index in [9.17, 15) is 10.1 Å². The second kappa shape index (κ2) is 9.18. The highest BCUT2D eigenvalue weighted by Gasteiger charge is 2.11. The van der Waals surface area contributed by atoms with E-state index in [4.69, 9.17) is 9.47 Å². The number of ether oxygens (including phenoxy) is 2. The number of benzene rings is 2. The van der Waals surface area contributed by atoms with Crippen molar-refractivity contribution < 1.29 is 14.4 Å². The number of rotatable bonds is 7. The molecule has 0 aliphatic carbocycles. The zero-order valence-corrected chi connectivity index (χ0v) is 16.1. The summed E-state index contributed by atoms with van der Waals surface area (Å²) in [7, 11) is 3.71. The van der Waals surface area contributed by atoms with E-state index in [-0.39, 0.29) is 5.69 Å². The molecule has 0 aromatic heterocycles. The lowest BCUT2D eigenvalue weighted by atomic mass is 10.2. The minimum atomic E-state index is -0.421. The summed E-state index contributed by atoms with van der Waals surface area (Å²) in [4.78, 5) is 12.6. The predicted octanol–water partition coefficient (Wildman–Crippen LogP) is 2.76. The van der Waals surface area contributed by atoms with Gasteiger partial charge in [-0.1, -0.05) is 0 Å². The van der Waals surface area contributed by atoms with Crippen LogP contribution in [0.25, 0.3) is 0 Å². The number of piperazine rings is 1. The third kappa shape index (κ3) is 5.20. The van der Waals surface area contributed by atoms with E-state index in [0.29, 0.717) is 18.1 Å². The predicted molar refractivity (Wildman–Crippen MR) is 107 cm³/mol. The van der Waals surface area contributed by atoms with Crippen LogP contribution in [-0.2, 0) is 6.61 Å². The van der Waals surface area contributed by atoms with Crippen molar-refractivity contribution in [2.24, 2.45) is 5.10 Å². The molecule has 8 heteroatoms. The lowest BCUT2D eigenvalue weighted by Crippen LogP contribution is -2.41. The van der Waals surface area contributed by atoms with Crippen LogP contribution in [0.3, 0.4) is 0 Å². The van der Waals surface area contributed by atoms with Gasteiger partial charge in [0.15, 0.2) is 11.5 Å². The zero-order chi connectivity index (χ0) is 19.9. The summed E-state index contributed by atoms with van der Waals surface area (Å²) in [6, 6.07) is 11.9. The molecule has 0 bridgehead atoms. The van der Waals surface area contributed by atoms with Crippen LogP contribution >= 0.6 is 0 Å². The number of hydrogen-bond acceptors (Lipinski definition) is 7. The maximum Gasteiger partial charge on any atom is 0.269 e. The van der Waals surface area contributed by atoms with Crippen molar-refractivity contribution in [3.63, 3.8) is 0 Å². The van der Waals surface area contributed by atoms with E-state index in [1.807, 2.05) is 24.4 Å². The van der Waals surface area contributed by atoms with Crippen molar-refractivity contribution in [2.45, 2.75) is 6.61 Å². The Balaban J connectivity index is 1.61. The first kappa shape index (κ1) is 19.6. The zero-order valence-electron chi connectivity index (χ0n) is 16.1. The molecule has 2 aromatic carbocycles. The van der Waals surface area contributed by atoms with Crippen LogP contribution in [0, 0.1) is 10.1 Å². The highest BCUT2D eigenvalue weighted by Crippen LogP contribution is 2.28. The Hall–Kier alpha value is -3.13. The van der Waals surface area contributed by atoms with Crippen LogP contribution in [0.4, 0.5) is 5.69 Å². The molecular weight excluding hydrogens is 360 g/mol. The van der Waals surface area contributed by atoms with Crippen molar-refractivity contribution in [3.8, 4) is 11.5 Å². The summed E-state index contributed by atoms with van der Waals surface area (Å²) in [6.45, 7) is 4.15. The van der Waals surface area contributed by atoms with Gasteiger partial charge in [-0.3, -0.25) is 15.1 Å². The molecule has 8 nitrogen and oxygen atoms in total. The maximum absolute atomic E-state index is 10.7. The fraction of sp³-hybridized carbons (Fsp3) is 0.350. The number of nitro groups is 1. The molecule has 0 radical (unpaired) electrons. The SMILES string of the molecule is COc1cc(/C=N/N2CCN(C)CC2)ccc1OCc1ccc([N+](=O)[O-])cc1. The third-order valence-corrected chi connectivity index (χ3v) is 4.58. The van der Waals surface area contributed by atoms with Crippen molar-refractivity contribution in [1.29, 1.82) is 0 Å². The molecule has 1 aliphatic heterocycles. The van der Waals surface area contributed by atoms with Crippen molar-refractivity contribution in [3.05, 3.63) is 63.7 Å². The first-order valence-electron chi connectivity index (χ1n) is 9.07. The van der Waals surface area contributed by atoms with Crippen LogP contribution in [0.1, 0.15) is 11.1 Å². The summed E-state index contributed by atoms with van der Waals surface area (Å²) in [5.41, 5.74) is 1.83. The normalized spacial score (nSPS) is 15.0. The second-order valence-corrected chi connectivity index (χ2v) is 6.62. The molecule has 0 amide bonds. The minimum absolute atomic E-state index is 0.0605. The van der Waals surface area contributed by atoms with E-state index in [0.717, 1.165) is 37.3 Å². The lowest BCUT2D eigenvalue weighted by Gasteiger charge is -2.30. The number of methoxy groups -OCH3 is 1. The number of hydrazone groups is 1. The molecule has 1 fully saturated rings. The molecule has 148 valence electrons. The Kier molecular flexibility index (Phi) is 6.44. The molecule has 0 spiro atoms. The Labute approximate surface area is 164 Å². The van der Waals surface area contributed by atoms with Gasteiger partial charge in [0, 0.05) is 38.3 Å². The van der Waals surface area contributed by atoms with Gasteiger partial charge in [-0.05, 0) is 48.5 Å².